The van der Waals surface area contributed by atoms with Gasteiger partial charge in [-0.2, -0.15) is 11.8 Å². The number of amides is 6. The summed E-state index contributed by atoms with van der Waals surface area (Å²) >= 11 is 1.45. The standard InChI is InChI=1S/C37H64N12O8S/c1-7-21(4)29(34(54)45-25(36(56)57)10-8-13-42-37(39)40)48-32(52)26(17-23-18-41-19-43-23)46-31(51)24(12-15-58-6)44-33(53)28-11-9-14-49(28)35(55)27(16-20(2)3)47-30(50)22(5)38/h18-22,24-29H,7-17,38H2,1-6H3,(H,41,43)(H,44,53)(H,45,54)(H,46,51)(H,47,50)(H,48,52)(H,56,57)(H4,39,40,42)/t21-,22-,24-,25-,26-,27-,28-,29-/m0/s1. The molecule has 0 bridgehead atoms. The molecular formula is C37H64N12O8S. The SMILES string of the molecule is CC[C@H](C)[C@H](NC(=O)[C@H](Cc1c[nH]cn1)NC(=O)[C@H](CCSC)NC(=O)[C@@H]1CCCN1C(=O)[C@H](CC(C)C)NC(=O)[C@H](C)N)C(=O)N[C@@H](CCCNC(=N)N)C(=O)O. The molecule has 1 aliphatic heterocycles. The van der Waals surface area contributed by atoms with Gasteiger partial charge in [0, 0.05) is 25.7 Å². The second kappa shape index (κ2) is 24.8. The fraction of sp³-hybridized carbons (Fsp3) is 0.703. The zero-order chi connectivity index (χ0) is 43.5. The molecule has 1 fully saturated rings. The van der Waals surface area contributed by atoms with Gasteiger partial charge in [-0.15, -0.1) is 0 Å². The first-order valence-electron chi connectivity index (χ1n) is 19.7. The van der Waals surface area contributed by atoms with E-state index in [1.54, 1.807) is 20.0 Å². The van der Waals surface area contributed by atoms with Gasteiger partial charge in [-0.3, -0.25) is 34.2 Å². The number of nitrogens with one attached hydrogen (secondary N) is 8. The van der Waals surface area contributed by atoms with Crippen LogP contribution in [-0.2, 0) is 40.0 Å². The summed E-state index contributed by atoms with van der Waals surface area (Å²) in [7, 11) is 0. The molecule has 2 rings (SSSR count). The molecule has 1 aromatic rings. The largest absolute Gasteiger partial charge is 0.480 e. The number of H-pyrrole nitrogens is 1. The number of rotatable bonds is 25. The number of hydrogen-bond acceptors (Lipinski definition) is 11. The van der Waals surface area contributed by atoms with Crippen molar-refractivity contribution in [3.8, 4) is 0 Å². The molecule has 0 saturated carbocycles. The van der Waals surface area contributed by atoms with Crippen LogP contribution < -0.4 is 43.4 Å². The van der Waals surface area contributed by atoms with Crippen LogP contribution >= 0.6 is 11.8 Å². The molecule has 21 heteroatoms. The number of carboxylic acids is 1. The van der Waals surface area contributed by atoms with Crippen LogP contribution in [0, 0.1) is 17.2 Å². The number of aliphatic carboxylic acids is 1. The maximum Gasteiger partial charge on any atom is 0.326 e. The van der Waals surface area contributed by atoms with Crippen molar-refractivity contribution in [1.82, 2.24) is 46.8 Å². The molecule has 6 amide bonds. The number of likely N-dealkylation sites (tertiary alicyclic amines) is 1. The Morgan fingerprint density at radius 2 is 1.60 bits per heavy atom. The number of aromatic amines is 1. The maximum absolute atomic E-state index is 14.0. The number of thioether (sulfide) groups is 1. The molecule has 0 aliphatic carbocycles. The van der Waals surface area contributed by atoms with E-state index in [4.69, 9.17) is 16.9 Å². The third kappa shape index (κ3) is 16.1. The Hall–Kier alpha value is -4.92. The minimum Gasteiger partial charge on any atom is -0.480 e. The number of hydrogen-bond donors (Lipinski definition) is 11. The van der Waals surface area contributed by atoms with Gasteiger partial charge in [0.1, 0.15) is 36.3 Å². The first-order valence-corrected chi connectivity index (χ1v) is 21.1. The van der Waals surface area contributed by atoms with Gasteiger partial charge in [0.05, 0.1) is 18.1 Å². The summed E-state index contributed by atoms with van der Waals surface area (Å²) in [4.78, 5) is 102. The van der Waals surface area contributed by atoms with Gasteiger partial charge in [0.25, 0.3) is 0 Å². The summed E-state index contributed by atoms with van der Waals surface area (Å²) in [6, 6.07) is -7.48. The van der Waals surface area contributed by atoms with Crippen LogP contribution in [0.1, 0.15) is 85.3 Å². The van der Waals surface area contributed by atoms with Crippen molar-refractivity contribution >= 4 is 59.1 Å². The summed E-state index contributed by atoms with van der Waals surface area (Å²) in [6.45, 7) is 9.37. The smallest absolute Gasteiger partial charge is 0.326 e. The lowest BCUT2D eigenvalue weighted by Gasteiger charge is -2.31. The molecule has 0 unspecified atom stereocenters. The summed E-state index contributed by atoms with van der Waals surface area (Å²) < 4.78 is 0. The van der Waals surface area contributed by atoms with Crippen LogP contribution in [0.2, 0.25) is 0 Å². The Balaban J connectivity index is 2.30. The fourth-order valence-electron chi connectivity index (χ4n) is 6.37. The highest BCUT2D eigenvalue weighted by atomic mass is 32.2. The lowest BCUT2D eigenvalue weighted by Crippen LogP contribution is -2.60. The predicted octanol–water partition coefficient (Wildman–Crippen LogP) is -1.09. The molecule has 2 heterocycles. The molecule has 58 heavy (non-hydrogen) atoms. The number of carboxylic acid groups (broad SMARTS) is 1. The average molecular weight is 837 g/mol. The van der Waals surface area contributed by atoms with Crippen molar-refractivity contribution in [3.05, 3.63) is 18.2 Å². The van der Waals surface area contributed by atoms with Gasteiger partial charge >= 0.3 is 5.97 Å². The zero-order valence-electron chi connectivity index (χ0n) is 34.4. The summed E-state index contributed by atoms with van der Waals surface area (Å²) in [5, 5.41) is 33.1. The molecule has 8 atom stereocenters. The second-order valence-electron chi connectivity index (χ2n) is 15.1. The molecule has 0 spiro atoms. The minimum absolute atomic E-state index is 0.0267. The number of guanidine groups is 1. The summed E-state index contributed by atoms with van der Waals surface area (Å²) in [5.74, 6) is -5.08. The number of aromatic nitrogens is 2. The van der Waals surface area contributed by atoms with E-state index in [0.717, 1.165) is 0 Å². The molecule has 0 aromatic carbocycles. The van der Waals surface area contributed by atoms with Crippen LogP contribution in [0.25, 0.3) is 0 Å². The van der Waals surface area contributed by atoms with Crippen molar-refractivity contribution in [1.29, 1.82) is 5.41 Å². The van der Waals surface area contributed by atoms with Gasteiger partial charge in [0.15, 0.2) is 5.96 Å². The molecule has 20 nitrogen and oxygen atoms in total. The monoisotopic (exact) mass is 836 g/mol. The van der Waals surface area contributed by atoms with Crippen LogP contribution in [0.15, 0.2) is 12.5 Å². The highest BCUT2D eigenvalue weighted by molar-refractivity contribution is 7.98. The number of carbonyl (C=O) groups is 7. The van der Waals surface area contributed by atoms with E-state index >= 15 is 0 Å². The average Bonchev–Trinajstić information content (AvgIpc) is 3.88. The fourth-order valence-corrected chi connectivity index (χ4v) is 6.84. The molecule has 1 aliphatic rings. The number of imidazole rings is 1. The normalized spacial score (nSPS) is 17.4. The summed E-state index contributed by atoms with van der Waals surface area (Å²) in [6.07, 6.45) is 6.84. The molecule has 1 aromatic heterocycles. The van der Waals surface area contributed by atoms with E-state index in [9.17, 15) is 38.7 Å². The van der Waals surface area contributed by atoms with Crippen LogP contribution in [0.4, 0.5) is 0 Å². The van der Waals surface area contributed by atoms with Crippen LogP contribution in [0.5, 0.6) is 0 Å². The van der Waals surface area contributed by atoms with E-state index in [1.807, 2.05) is 20.1 Å². The molecule has 13 N–H and O–H groups in total. The van der Waals surface area contributed by atoms with Gasteiger partial charge < -0.3 is 58.4 Å². The molecule has 326 valence electrons. The Morgan fingerprint density at radius 3 is 2.17 bits per heavy atom. The van der Waals surface area contributed by atoms with E-state index in [0.29, 0.717) is 37.1 Å². The zero-order valence-corrected chi connectivity index (χ0v) is 35.2. The highest BCUT2D eigenvalue weighted by Crippen LogP contribution is 2.21. The van der Waals surface area contributed by atoms with E-state index in [-0.39, 0.29) is 50.7 Å². The van der Waals surface area contributed by atoms with Gasteiger partial charge in [-0.1, -0.05) is 34.1 Å². The lowest BCUT2D eigenvalue weighted by atomic mass is 9.96. The number of carbonyl (C=O) groups excluding carboxylic acids is 6. The molecule has 1 saturated heterocycles. The first-order chi connectivity index (χ1) is 27.4. The van der Waals surface area contributed by atoms with Crippen molar-refractivity contribution in [2.45, 2.75) is 128 Å². The van der Waals surface area contributed by atoms with Crippen molar-refractivity contribution in [2.75, 3.05) is 25.1 Å². The Bertz CT molecular complexity index is 1550. The van der Waals surface area contributed by atoms with Gasteiger partial charge in [-0.05, 0) is 69.3 Å². The minimum atomic E-state index is -1.29. The third-order valence-electron chi connectivity index (χ3n) is 9.81. The van der Waals surface area contributed by atoms with E-state index < -0.39 is 89.6 Å². The van der Waals surface area contributed by atoms with Crippen LogP contribution in [-0.4, -0.2) is 135 Å². The Morgan fingerprint density at radius 1 is 0.948 bits per heavy atom. The van der Waals surface area contributed by atoms with Crippen molar-refractivity contribution < 1.29 is 38.7 Å². The van der Waals surface area contributed by atoms with E-state index in [1.165, 1.54) is 29.9 Å². The Labute approximate surface area is 344 Å². The van der Waals surface area contributed by atoms with Crippen molar-refractivity contribution in [2.24, 2.45) is 23.3 Å². The lowest BCUT2D eigenvalue weighted by molar-refractivity contribution is -0.143. The number of nitrogens with two attached hydrogens (primary N) is 2. The first kappa shape index (κ1) is 49.2. The van der Waals surface area contributed by atoms with E-state index in [2.05, 4.69) is 41.9 Å². The maximum atomic E-state index is 14.0. The van der Waals surface area contributed by atoms with Crippen LogP contribution in [0.3, 0.4) is 0 Å². The molecular weight excluding hydrogens is 773 g/mol. The predicted molar refractivity (Wildman–Crippen MR) is 219 cm³/mol. The van der Waals surface area contributed by atoms with Gasteiger partial charge in [-0.25, -0.2) is 9.78 Å². The second-order valence-corrected chi connectivity index (χ2v) is 16.1. The third-order valence-corrected chi connectivity index (χ3v) is 10.5. The summed E-state index contributed by atoms with van der Waals surface area (Å²) in [5.41, 5.74) is 11.5. The number of nitrogens with zero attached hydrogens (tertiary/aromatic N) is 2. The van der Waals surface area contributed by atoms with Gasteiger partial charge in [0.2, 0.25) is 35.4 Å². The molecule has 0 radical (unpaired) electrons. The quantitative estimate of drug-likeness (QED) is 0.0317. The van der Waals surface area contributed by atoms with Crippen molar-refractivity contribution in [3.63, 3.8) is 0 Å². The Kier molecular flexibility index (Phi) is 21.0. The topological polar surface area (TPSA) is 320 Å². The highest BCUT2D eigenvalue weighted by Gasteiger charge is 2.40.